The molecule has 1 atom stereocenters. The minimum atomic E-state index is -3.60. The molecule has 6 heteroatoms. The van der Waals surface area contributed by atoms with Gasteiger partial charge >= 0.3 is 0 Å². The van der Waals surface area contributed by atoms with Crippen molar-refractivity contribution in [2.75, 3.05) is 6.54 Å². The Bertz CT molecular complexity index is 483. The Balaban J connectivity index is 2.74. The van der Waals surface area contributed by atoms with Gasteiger partial charge in [0, 0.05) is 11.6 Å². The number of halogens is 1. The molecular formula is C12H18ClNO3S. The zero-order chi connectivity index (χ0) is 13.8. The van der Waals surface area contributed by atoms with Gasteiger partial charge in [-0.3, -0.25) is 0 Å². The van der Waals surface area contributed by atoms with E-state index in [-0.39, 0.29) is 11.4 Å². The SMILES string of the molecule is CCCC(C)(O)CNS(=O)(=O)c1ccc(Cl)cc1. The van der Waals surface area contributed by atoms with E-state index in [4.69, 9.17) is 11.6 Å². The number of hydrogen-bond acceptors (Lipinski definition) is 3. The Kier molecular flexibility index (Phi) is 5.16. The summed E-state index contributed by atoms with van der Waals surface area (Å²) >= 11 is 5.70. The summed E-state index contributed by atoms with van der Waals surface area (Å²) in [6.07, 6.45) is 1.33. The summed E-state index contributed by atoms with van der Waals surface area (Å²) in [6, 6.07) is 5.89. The summed E-state index contributed by atoms with van der Waals surface area (Å²) in [4.78, 5) is 0.138. The molecule has 0 aliphatic rings. The average molecular weight is 292 g/mol. The van der Waals surface area contributed by atoms with Crippen LogP contribution in [0.15, 0.2) is 29.2 Å². The molecule has 4 nitrogen and oxygen atoms in total. The topological polar surface area (TPSA) is 66.4 Å². The monoisotopic (exact) mass is 291 g/mol. The van der Waals surface area contributed by atoms with Crippen LogP contribution in [-0.2, 0) is 10.0 Å². The molecule has 0 radical (unpaired) electrons. The molecule has 0 amide bonds. The van der Waals surface area contributed by atoms with Gasteiger partial charge in [-0.2, -0.15) is 0 Å². The lowest BCUT2D eigenvalue weighted by Crippen LogP contribution is -2.40. The second kappa shape index (κ2) is 6.02. The van der Waals surface area contributed by atoms with Crippen LogP contribution < -0.4 is 4.72 Å². The van der Waals surface area contributed by atoms with E-state index in [0.717, 1.165) is 6.42 Å². The lowest BCUT2D eigenvalue weighted by atomic mass is 10.0. The van der Waals surface area contributed by atoms with Gasteiger partial charge in [-0.15, -0.1) is 0 Å². The van der Waals surface area contributed by atoms with E-state index in [1.54, 1.807) is 6.92 Å². The van der Waals surface area contributed by atoms with Gasteiger partial charge in [-0.1, -0.05) is 24.9 Å². The Morgan fingerprint density at radius 2 is 1.89 bits per heavy atom. The standard InChI is InChI=1S/C12H18ClNO3S/c1-3-8-12(2,15)9-14-18(16,17)11-6-4-10(13)5-7-11/h4-7,14-15H,3,8-9H2,1-2H3. The largest absolute Gasteiger partial charge is 0.389 e. The van der Waals surface area contributed by atoms with Crippen LogP contribution >= 0.6 is 11.6 Å². The molecule has 0 saturated heterocycles. The van der Waals surface area contributed by atoms with Crippen molar-refractivity contribution in [1.82, 2.24) is 4.72 Å². The third-order valence-corrected chi connectivity index (χ3v) is 4.22. The number of hydrogen-bond donors (Lipinski definition) is 2. The van der Waals surface area contributed by atoms with Crippen LogP contribution in [0.2, 0.25) is 5.02 Å². The molecule has 0 spiro atoms. The first-order chi connectivity index (χ1) is 8.27. The predicted octanol–water partition coefficient (Wildman–Crippen LogP) is 2.17. The molecule has 2 N–H and O–H groups in total. The molecule has 0 aromatic heterocycles. The summed E-state index contributed by atoms with van der Waals surface area (Å²) in [6.45, 7) is 3.54. The molecule has 0 bridgehead atoms. The Labute approximate surface area is 113 Å². The highest BCUT2D eigenvalue weighted by atomic mass is 35.5. The highest BCUT2D eigenvalue weighted by Gasteiger charge is 2.23. The molecule has 0 aliphatic heterocycles. The minimum absolute atomic E-state index is 0.00814. The molecule has 0 aliphatic carbocycles. The second-order valence-corrected chi connectivity index (χ2v) is 6.73. The lowest BCUT2D eigenvalue weighted by Gasteiger charge is -2.22. The summed E-state index contributed by atoms with van der Waals surface area (Å²) in [7, 11) is -3.60. The summed E-state index contributed by atoms with van der Waals surface area (Å²) in [5.41, 5.74) is -1.03. The normalized spacial score (nSPS) is 15.3. The van der Waals surface area contributed by atoms with Gasteiger partial charge < -0.3 is 5.11 Å². The van der Waals surface area contributed by atoms with Crippen molar-refractivity contribution in [3.05, 3.63) is 29.3 Å². The lowest BCUT2D eigenvalue weighted by molar-refractivity contribution is 0.0554. The van der Waals surface area contributed by atoms with Crippen molar-refractivity contribution in [2.45, 2.75) is 37.2 Å². The third-order valence-electron chi connectivity index (χ3n) is 2.56. The fourth-order valence-electron chi connectivity index (χ4n) is 1.57. The molecule has 18 heavy (non-hydrogen) atoms. The van der Waals surface area contributed by atoms with Crippen LogP contribution in [0.1, 0.15) is 26.7 Å². The maximum Gasteiger partial charge on any atom is 0.240 e. The molecule has 102 valence electrons. The van der Waals surface area contributed by atoms with Gasteiger partial charge in [0.05, 0.1) is 10.5 Å². The van der Waals surface area contributed by atoms with Crippen molar-refractivity contribution < 1.29 is 13.5 Å². The Morgan fingerprint density at radius 3 is 2.39 bits per heavy atom. The van der Waals surface area contributed by atoms with Crippen molar-refractivity contribution in [2.24, 2.45) is 0 Å². The van der Waals surface area contributed by atoms with Gasteiger partial charge in [0.15, 0.2) is 0 Å². The van der Waals surface area contributed by atoms with Gasteiger partial charge in [-0.05, 0) is 37.6 Å². The van der Waals surface area contributed by atoms with Crippen LogP contribution in [0, 0.1) is 0 Å². The minimum Gasteiger partial charge on any atom is -0.389 e. The number of benzene rings is 1. The smallest absolute Gasteiger partial charge is 0.240 e. The zero-order valence-electron chi connectivity index (χ0n) is 10.5. The maximum atomic E-state index is 11.9. The zero-order valence-corrected chi connectivity index (χ0v) is 12.1. The van der Waals surface area contributed by atoms with E-state index in [1.165, 1.54) is 24.3 Å². The predicted molar refractivity (Wildman–Crippen MR) is 72.2 cm³/mol. The second-order valence-electron chi connectivity index (χ2n) is 4.53. The van der Waals surface area contributed by atoms with E-state index in [0.29, 0.717) is 11.4 Å². The Hall–Kier alpha value is -0.620. The van der Waals surface area contributed by atoms with Crippen molar-refractivity contribution in [3.63, 3.8) is 0 Å². The fourth-order valence-corrected chi connectivity index (χ4v) is 2.86. The first-order valence-electron chi connectivity index (χ1n) is 5.74. The van der Waals surface area contributed by atoms with Crippen LogP contribution in [-0.4, -0.2) is 25.7 Å². The molecule has 0 saturated carbocycles. The first kappa shape index (κ1) is 15.4. The summed E-state index contributed by atoms with van der Waals surface area (Å²) in [5, 5.41) is 10.4. The fraction of sp³-hybridized carbons (Fsp3) is 0.500. The number of aliphatic hydroxyl groups is 1. The highest BCUT2D eigenvalue weighted by Crippen LogP contribution is 2.15. The van der Waals surface area contributed by atoms with Crippen LogP contribution in [0.4, 0.5) is 0 Å². The van der Waals surface area contributed by atoms with Gasteiger partial charge in [0.25, 0.3) is 0 Å². The molecule has 0 heterocycles. The maximum absolute atomic E-state index is 11.9. The molecule has 1 unspecified atom stereocenters. The molecule has 1 rings (SSSR count). The summed E-state index contributed by atoms with van der Waals surface area (Å²) in [5.74, 6) is 0. The van der Waals surface area contributed by atoms with Crippen LogP contribution in [0.3, 0.4) is 0 Å². The average Bonchev–Trinajstić information content (AvgIpc) is 2.27. The van der Waals surface area contributed by atoms with Gasteiger partial charge in [-0.25, -0.2) is 13.1 Å². The first-order valence-corrected chi connectivity index (χ1v) is 7.60. The van der Waals surface area contributed by atoms with Crippen LogP contribution in [0.5, 0.6) is 0 Å². The summed E-state index contributed by atoms with van der Waals surface area (Å²) < 4.78 is 26.3. The molecule has 1 aromatic carbocycles. The number of rotatable bonds is 6. The number of nitrogens with one attached hydrogen (secondary N) is 1. The van der Waals surface area contributed by atoms with E-state index in [2.05, 4.69) is 4.72 Å². The van der Waals surface area contributed by atoms with Crippen molar-refractivity contribution in [1.29, 1.82) is 0 Å². The molecule has 1 aromatic rings. The van der Waals surface area contributed by atoms with Gasteiger partial charge in [0.2, 0.25) is 10.0 Å². The van der Waals surface area contributed by atoms with Crippen molar-refractivity contribution >= 4 is 21.6 Å². The van der Waals surface area contributed by atoms with E-state index in [9.17, 15) is 13.5 Å². The number of sulfonamides is 1. The van der Waals surface area contributed by atoms with E-state index in [1.807, 2.05) is 6.92 Å². The van der Waals surface area contributed by atoms with E-state index >= 15 is 0 Å². The van der Waals surface area contributed by atoms with Crippen LogP contribution in [0.25, 0.3) is 0 Å². The molecular weight excluding hydrogens is 274 g/mol. The Morgan fingerprint density at radius 1 is 1.33 bits per heavy atom. The third kappa shape index (κ3) is 4.57. The van der Waals surface area contributed by atoms with E-state index < -0.39 is 15.6 Å². The van der Waals surface area contributed by atoms with Gasteiger partial charge in [0.1, 0.15) is 0 Å². The molecule has 0 fully saturated rings. The quantitative estimate of drug-likeness (QED) is 0.844. The highest BCUT2D eigenvalue weighted by molar-refractivity contribution is 7.89. The van der Waals surface area contributed by atoms with Crippen molar-refractivity contribution in [3.8, 4) is 0 Å².